The summed E-state index contributed by atoms with van der Waals surface area (Å²) in [5, 5.41) is 1.15. The molecule has 0 atom stereocenters. The van der Waals surface area contributed by atoms with Crippen molar-refractivity contribution in [3.8, 4) is 5.75 Å². The first-order chi connectivity index (χ1) is 14.5. The van der Waals surface area contributed by atoms with Gasteiger partial charge < -0.3 is 14.4 Å². The number of esters is 1. The molecule has 0 saturated carbocycles. The van der Waals surface area contributed by atoms with E-state index in [1.807, 2.05) is 25.1 Å². The Morgan fingerprint density at radius 3 is 2.70 bits per heavy atom. The molecule has 0 aliphatic carbocycles. The van der Waals surface area contributed by atoms with Crippen LogP contribution >= 0.6 is 11.3 Å². The molecular weight excluding hydrogens is 398 g/mol. The molecule has 158 valence electrons. The summed E-state index contributed by atoms with van der Waals surface area (Å²) in [5.74, 6) is 1.52. The van der Waals surface area contributed by atoms with Gasteiger partial charge in [0, 0.05) is 23.5 Å². The SMILES string of the molecule is COc1ccc(C)cc1COC(=O)C1CCN(c2ncnc3sc(C)c(C)c23)CC1. The average molecular weight is 426 g/mol. The summed E-state index contributed by atoms with van der Waals surface area (Å²) in [6, 6.07) is 5.90. The highest BCUT2D eigenvalue weighted by Crippen LogP contribution is 2.35. The summed E-state index contributed by atoms with van der Waals surface area (Å²) in [6.07, 6.45) is 3.16. The van der Waals surface area contributed by atoms with Crippen molar-refractivity contribution in [3.63, 3.8) is 0 Å². The molecule has 0 radical (unpaired) electrons. The number of hydrogen-bond acceptors (Lipinski definition) is 7. The van der Waals surface area contributed by atoms with Crippen LogP contribution in [0.25, 0.3) is 10.2 Å². The number of benzene rings is 1. The minimum Gasteiger partial charge on any atom is -0.496 e. The first-order valence-corrected chi connectivity index (χ1v) is 11.1. The van der Waals surface area contributed by atoms with E-state index in [0.29, 0.717) is 0 Å². The Hall–Kier alpha value is -2.67. The summed E-state index contributed by atoms with van der Waals surface area (Å²) in [7, 11) is 1.63. The first kappa shape index (κ1) is 20.6. The fourth-order valence-corrected chi connectivity index (χ4v) is 5.01. The highest BCUT2D eigenvalue weighted by atomic mass is 32.1. The number of anilines is 1. The van der Waals surface area contributed by atoms with Crippen molar-refractivity contribution in [2.45, 2.75) is 40.2 Å². The number of methoxy groups -OCH3 is 1. The van der Waals surface area contributed by atoms with Crippen molar-refractivity contribution >= 4 is 33.3 Å². The van der Waals surface area contributed by atoms with Gasteiger partial charge in [0.15, 0.2) is 0 Å². The van der Waals surface area contributed by atoms with Gasteiger partial charge in [0.25, 0.3) is 0 Å². The lowest BCUT2D eigenvalue weighted by molar-refractivity contribution is -0.150. The van der Waals surface area contributed by atoms with Gasteiger partial charge in [-0.05, 0) is 51.3 Å². The number of ether oxygens (including phenoxy) is 2. The van der Waals surface area contributed by atoms with Crippen LogP contribution in [-0.2, 0) is 16.1 Å². The predicted molar refractivity (Wildman–Crippen MR) is 119 cm³/mol. The van der Waals surface area contributed by atoms with Crippen LogP contribution in [0.15, 0.2) is 24.5 Å². The van der Waals surface area contributed by atoms with Crippen LogP contribution in [0.2, 0.25) is 0 Å². The van der Waals surface area contributed by atoms with Crippen molar-refractivity contribution in [1.29, 1.82) is 0 Å². The largest absolute Gasteiger partial charge is 0.496 e. The Labute approximate surface area is 180 Å². The second kappa shape index (κ2) is 8.60. The van der Waals surface area contributed by atoms with Gasteiger partial charge in [-0.2, -0.15) is 0 Å². The molecule has 1 aliphatic rings. The van der Waals surface area contributed by atoms with E-state index in [0.717, 1.165) is 58.8 Å². The second-order valence-electron chi connectivity index (χ2n) is 7.85. The molecule has 3 heterocycles. The van der Waals surface area contributed by atoms with E-state index in [1.54, 1.807) is 24.8 Å². The van der Waals surface area contributed by atoms with Crippen LogP contribution < -0.4 is 9.64 Å². The van der Waals surface area contributed by atoms with E-state index >= 15 is 0 Å². The highest BCUT2D eigenvalue weighted by molar-refractivity contribution is 7.18. The average Bonchev–Trinajstić information content (AvgIpc) is 3.06. The van der Waals surface area contributed by atoms with Crippen LogP contribution in [0, 0.1) is 26.7 Å². The molecule has 0 N–H and O–H groups in total. The van der Waals surface area contributed by atoms with Crippen molar-refractivity contribution < 1.29 is 14.3 Å². The third kappa shape index (κ3) is 3.99. The smallest absolute Gasteiger partial charge is 0.309 e. The molecule has 1 saturated heterocycles. The molecule has 30 heavy (non-hydrogen) atoms. The van der Waals surface area contributed by atoms with Crippen molar-refractivity contribution in [2.75, 3.05) is 25.1 Å². The minimum absolute atomic E-state index is 0.0836. The molecule has 0 amide bonds. The Bertz CT molecular complexity index is 1070. The van der Waals surface area contributed by atoms with Gasteiger partial charge in [0.2, 0.25) is 0 Å². The lowest BCUT2D eigenvalue weighted by atomic mass is 9.96. The number of aryl methyl sites for hydroxylation is 3. The summed E-state index contributed by atoms with van der Waals surface area (Å²) in [5.41, 5.74) is 3.26. The summed E-state index contributed by atoms with van der Waals surface area (Å²) < 4.78 is 11.0. The second-order valence-corrected chi connectivity index (χ2v) is 9.05. The van der Waals surface area contributed by atoms with Crippen molar-refractivity contribution in [3.05, 3.63) is 46.1 Å². The maximum absolute atomic E-state index is 12.7. The molecule has 0 spiro atoms. The molecule has 4 rings (SSSR count). The highest BCUT2D eigenvalue weighted by Gasteiger charge is 2.28. The number of piperidine rings is 1. The standard InChI is InChI=1S/C23H27N3O3S/c1-14-5-6-19(28-4)18(11-14)12-29-23(27)17-7-9-26(10-8-17)21-20-15(2)16(3)30-22(20)25-13-24-21/h5-6,11,13,17H,7-10,12H2,1-4H3. The van der Waals surface area contributed by atoms with E-state index in [4.69, 9.17) is 9.47 Å². The van der Waals surface area contributed by atoms with Gasteiger partial charge in [-0.15, -0.1) is 11.3 Å². The van der Waals surface area contributed by atoms with Crippen LogP contribution in [0.1, 0.15) is 34.4 Å². The lowest BCUT2D eigenvalue weighted by Crippen LogP contribution is -2.37. The Balaban J connectivity index is 1.39. The van der Waals surface area contributed by atoms with Crippen molar-refractivity contribution in [2.24, 2.45) is 5.92 Å². The first-order valence-electron chi connectivity index (χ1n) is 10.2. The molecule has 1 aromatic carbocycles. The fourth-order valence-electron chi connectivity index (χ4n) is 4.02. The normalized spacial score (nSPS) is 14.9. The van der Waals surface area contributed by atoms with E-state index < -0.39 is 0 Å². The zero-order valence-corrected chi connectivity index (χ0v) is 18.7. The topological polar surface area (TPSA) is 64.6 Å². The molecule has 3 aromatic rings. The molecule has 1 aliphatic heterocycles. The summed E-state index contributed by atoms with van der Waals surface area (Å²) in [4.78, 5) is 26.2. The van der Waals surface area contributed by atoms with E-state index in [1.165, 1.54) is 10.4 Å². The van der Waals surface area contributed by atoms with E-state index in [-0.39, 0.29) is 18.5 Å². The van der Waals surface area contributed by atoms with Gasteiger partial charge in [0.05, 0.1) is 18.4 Å². The molecular formula is C23H27N3O3S. The Kier molecular flexibility index (Phi) is 5.90. The molecule has 6 nitrogen and oxygen atoms in total. The minimum atomic E-state index is -0.131. The zero-order valence-electron chi connectivity index (χ0n) is 17.9. The third-order valence-corrected chi connectivity index (χ3v) is 6.99. The van der Waals surface area contributed by atoms with Crippen LogP contribution in [0.3, 0.4) is 0 Å². The number of nitrogens with zero attached hydrogens (tertiary/aromatic N) is 3. The van der Waals surface area contributed by atoms with Gasteiger partial charge >= 0.3 is 5.97 Å². The maximum atomic E-state index is 12.7. The number of thiophene rings is 1. The van der Waals surface area contributed by atoms with Crippen LogP contribution in [0.5, 0.6) is 5.75 Å². The zero-order chi connectivity index (χ0) is 21.3. The Morgan fingerprint density at radius 1 is 1.20 bits per heavy atom. The Morgan fingerprint density at radius 2 is 1.97 bits per heavy atom. The number of hydrogen-bond donors (Lipinski definition) is 0. The van der Waals surface area contributed by atoms with E-state index in [9.17, 15) is 4.79 Å². The van der Waals surface area contributed by atoms with Gasteiger partial charge in [-0.3, -0.25) is 4.79 Å². The summed E-state index contributed by atoms with van der Waals surface area (Å²) in [6.45, 7) is 8.08. The summed E-state index contributed by atoms with van der Waals surface area (Å²) >= 11 is 1.71. The quantitative estimate of drug-likeness (QED) is 0.557. The van der Waals surface area contributed by atoms with Gasteiger partial charge in [0.1, 0.15) is 29.3 Å². The molecule has 0 unspecified atom stereocenters. The molecule has 1 fully saturated rings. The predicted octanol–water partition coefficient (Wildman–Crippen LogP) is 4.58. The number of fused-ring (bicyclic) bond motifs is 1. The molecule has 7 heteroatoms. The molecule has 2 aromatic heterocycles. The van der Waals surface area contributed by atoms with Crippen LogP contribution in [-0.4, -0.2) is 36.1 Å². The molecule has 0 bridgehead atoms. The number of carbonyl (C=O) groups is 1. The van der Waals surface area contributed by atoms with Crippen LogP contribution in [0.4, 0.5) is 5.82 Å². The van der Waals surface area contributed by atoms with Gasteiger partial charge in [-0.1, -0.05) is 11.6 Å². The number of aromatic nitrogens is 2. The lowest BCUT2D eigenvalue weighted by Gasteiger charge is -2.32. The number of carbonyl (C=O) groups excluding carboxylic acids is 1. The monoisotopic (exact) mass is 425 g/mol. The van der Waals surface area contributed by atoms with Gasteiger partial charge in [-0.25, -0.2) is 9.97 Å². The number of rotatable bonds is 5. The van der Waals surface area contributed by atoms with Crippen molar-refractivity contribution in [1.82, 2.24) is 9.97 Å². The maximum Gasteiger partial charge on any atom is 0.309 e. The van der Waals surface area contributed by atoms with E-state index in [2.05, 4.69) is 28.7 Å². The third-order valence-electron chi connectivity index (χ3n) is 5.88. The fraction of sp³-hybridized carbons (Fsp3) is 0.435.